The molecule has 1 aromatic rings. The standard InChI is InChI=1S/C9H11N3O5/c13-5-2-12(3-6(5)14)8(16)4-1-7(15)11-9(17)10-4/h1,5-6,13-14H,2-3H2,(H2,10,11,15,17)/t5-,6+. The molecule has 1 aliphatic heterocycles. The van der Waals surface area contributed by atoms with Crippen molar-refractivity contribution >= 4 is 5.91 Å². The Morgan fingerprint density at radius 3 is 2.35 bits per heavy atom. The van der Waals surface area contributed by atoms with Crippen LogP contribution in [0.3, 0.4) is 0 Å². The average Bonchev–Trinajstić information content (AvgIpc) is 2.57. The quantitative estimate of drug-likeness (QED) is 0.423. The molecule has 1 fully saturated rings. The molecule has 1 saturated heterocycles. The number of rotatable bonds is 1. The summed E-state index contributed by atoms with van der Waals surface area (Å²) in [6.07, 6.45) is -2.01. The summed E-state index contributed by atoms with van der Waals surface area (Å²) in [6, 6.07) is 0.959. The van der Waals surface area contributed by atoms with Crippen molar-refractivity contribution in [3.8, 4) is 0 Å². The van der Waals surface area contributed by atoms with Gasteiger partial charge in [-0.3, -0.25) is 14.6 Å². The van der Waals surface area contributed by atoms with Crippen LogP contribution in [0.5, 0.6) is 0 Å². The predicted octanol–water partition coefficient (Wildman–Crippen LogP) is -2.76. The topological polar surface area (TPSA) is 126 Å². The SMILES string of the molecule is O=C(c1cc(=O)[nH]c(=O)[nH]1)N1C[C@@H](O)[C@@H](O)C1. The van der Waals surface area contributed by atoms with Gasteiger partial charge in [-0.1, -0.05) is 0 Å². The molecular weight excluding hydrogens is 230 g/mol. The second-order valence-corrected chi connectivity index (χ2v) is 3.85. The third-order valence-corrected chi connectivity index (χ3v) is 2.54. The Labute approximate surface area is 94.5 Å². The maximum absolute atomic E-state index is 11.8. The third kappa shape index (κ3) is 2.27. The lowest BCUT2D eigenvalue weighted by atomic mass is 10.3. The number of aliphatic hydroxyl groups is 2. The summed E-state index contributed by atoms with van der Waals surface area (Å²) in [5.74, 6) is -0.608. The summed E-state index contributed by atoms with van der Waals surface area (Å²) in [4.78, 5) is 39.1. The molecule has 0 aliphatic carbocycles. The van der Waals surface area contributed by atoms with Gasteiger partial charge >= 0.3 is 5.69 Å². The number of hydrogen-bond acceptors (Lipinski definition) is 5. The van der Waals surface area contributed by atoms with E-state index in [1.54, 1.807) is 0 Å². The molecular formula is C9H11N3O5. The van der Waals surface area contributed by atoms with Crippen molar-refractivity contribution in [2.45, 2.75) is 12.2 Å². The zero-order chi connectivity index (χ0) is 12.6. The largest absolute Gasteiger partial charge is 0.388 e. The second-order valence-electron chi connectivity index (χ2n) is 3.85. The number of aliphatic hydroxyl groups excluding tert-OH is 2. The second kappa shape index (κ2) is 4.15. The minimum Gasteiger partial charge on any atom is -0.388 e. The van der Waals surface area contributed by atoms with E-state index >= 15 is 0 Å². The lowest BCUT2D eigenvalue weighted by Gasteiger charge is -2.14. The summed E-state index contributed by atoms with van der Waals surface area (Å²) in [5.41, 5.74) is -1.63. The first kappa shape index (κ1) is 11.6. The van der Waals surface area contributed by atoms with E-state index < -0.39 is 29.4 Å². The van der Waals surface area contributed by atoms with Gasteiger partial charge in [-0.15, -0.1) is 0 Å². The Hall–Kier alpha value is -1.93. The minimum atomic E-state index is -1.01. The van der Waals surface area contributed by atoms with Gasteiger partial charge in [0.15, 0.2) is 0 Å². The van der Waals surface area contributed by atoms with Crippen molar-refractivity contribution in [2.75, 3.05) is 13.1 Å². The number of carbonyl (C=O) groups is 1. The van der Waals surface area contributed by atoms with Gasteiger partial charge < -0.3 is 20.1 Å². The highest BCUT2D eigenvalue weighted by Crippen LogP contribution is 2.11. The van der Waals surface area contributed by atoms with E-state index in [0.717, 1.165) is 6.07 Å². The molecule has 2 rings (SSSR count). The third-order valence-electron chi connectivity index (χ3n) is 2.54. The Balaban J connectivity index is 2.26. The summed E-state index contributed by atoms with van der Waals surface area (Å²) in [6.45, 7) is -0.0658. The predicted molar refractivity (Wildman–Crippen MR) is 55.6 cm³/mol. The van der Waals surface area contributed by atoms with Crippen molar-refractivity contribution in [3.63, 3.8) is 0 Å². The Morgan fingerprint density at radius 1 is 1.24 bits per heavy atom. The Morgan fingerprint density at radius 2 is 1.82 bits per heavy atom. The van der Waals surface area contributed by atoms with Crippen molar-refractivity contribution in [3.05, 3.63) is 32.6 Å². The molecule has 1 aliphatic rings. The fourth-order valence-corrected chi connectivity index (χ4v) is 1.69. The van der Waals surface area contributed by atoms with Crippen LogP contribution < -0.4 is 11.2 Å². The van der Waals surface area contributed by atoms with Crippen molar-refractivity contribution in [2.24, 2.45) is 0 Å². The molecule has 4 N–H and O–H groups in total. The van der Waals surface area contributed by atoms with Crippen LogP contribution in [0.25, 0.3) is 0 Å². The van der Waals surface area contributed by atoms with Gasteiger partial charge in [0.05, 0.1) is 12.2 Å². The van der Waals surface area contributed by atoms with Crippen LogP contribution >= 0.6 is 0 Å². The summed E-state index contributed by atoms with van der Waals surface area (Å²) in [7, 11) is 0. The molecule has 17 heavy (non-hydrogen) atoms. The molecule has 8 nitrogen and oxygen atoms in total. The zero-order valence-corrected chi connectivity index (χ0v) is 8.71. The zero-order valence-electron chi connectivity index (χ0n) is 8.71. The summed E-state index contributed by atoms with van der Waals surface area (Å²) >= 11 is 0. The van der Waals surface area contributed by atoms with Crippen molar-refractivity contribution < 1.29 is 15.0 Å². The summed E-state index contributed by atoms with van der Waals surface area (Å²) in [5, 5.41) is 18.6. The first-order valence-electron chi connectivity index (χ1n) is 4.96. The lowest BCUT2D eigenvalue weighted by molar-refractivity contribution is 0.0572. The van der Waals surface area contributed by atoms with Gasteiger partial charge in [0.1, 0.15) is 5.69 Å². The number of aromatic nitrogens is 2. The molecule has 0 bridgehead atoms. The number of H-pyrrole nitrogens is 2. The first-order valence-corrected chi connectivity index (χ1v) is 4.96. The van der Waals surface area contributed by atoms with Crippen LogP contribution in [0.4, 0.5) is 0 Å². The first-order chi connectivity index (χ1) is 7.97. The lowest BCUT2D eigenvalue weighted by Crippen LogP contribution is -2.34. The molecule has 2 heterocycles. The fraction of sp³-hybridized carbons (Fsp3) is 0.444. The molecule has 2 atom stereocenters. The maximum atomic E-state index is 11.8. The van der Waals surface area contributed by atoms with Gasteiger partial charge in [0.25, 0.3) is 11.5 Å². The Bertz CT molecular complexity index is 510. The van der Waals surface area contributed by atoms with Gasteiger partial charge in [0, 0.05) is 19.2 Å². The highest BCUT2D eigenvalue weighted by molar-refractivity contribution is 5.92. The van der Waals surface area contributed by atoms with Gasteiger partial charge in [0.2, 0.25) is 0 Å². The molecule has 0 radical (unpaired) electrons. The molecule has 0 aromatic carbocycles. The van der Waals surface area contributed by atoms with Gasteiger partial charge in [-0.05, 0) is 0 Å². The molecule has 1 amide bonds. The monoisotopic (exact) mass is 241 g/mol. The highest BCUT2D eigenvalue weighted by Gasteiger charge is 2.33. The number of β-amino-alcohol motifs (C(OH)–C–C–N with tert-alkyl or cyclic N) is 2. The number of carbonyl (C=O) groups excluding carboxylic acids is 1. The number of likely N-dealkylation sites (tertiary alicyclic amines) is 1. The van der Waals surface area contributed by atoms with Crippen LogP contribution in [0, 0.1) is 0 Å². The molecule has 0 unspecified atom stereocenters. The van der Waals surface area contributed by atoms with Crippen molar-refractivity contribution in [1.82, 2.24) is 14.9 Å². The van der Waals surface area contributed by atoms with E-state index in [2.05, 4.69) is 4.98 Å². The van der Waals surface area contributed by atoms with Gasteiger partial charge in [-0.2, -0.15) is 0 Å². The van der Waals surface area contributed by atoms with Crippen LogP contribution in [-0.2, 0) is 0 Å². The molecule has 0 spiro atoms. The van der Waals surface area contributed by atoms with E-state index in [1.165, 1.54) is 4.90 Å². The number of amides is 1. The molecule has 0 saturated carbocycles. The van der Waals surface area contributed by atoms with E-state index in [0.29, 0.717) is 0 Å². The number of aromatic amines is 2. The Kier molecular flexibility index (Phi) is 2.82. The molecule has 1 aromatic heterocycles. The van der Waals surface area contributed by atoms with Crippen LogP contribution in [0.15, 0.2) is 15.7 Å². The number of nitrogens with one attached hydrogen (secondary N) is 2. The summed E-state index contributed by atoms with van der Waals surface area (Å²) < 4.78 is 0. The van der Waals surface area contributed by atoms with E-state index in [1.807, 2.05) is 4.98 Å². The molecule has 92 valence electrons. The van der Waals surface area contributed by atoms with Crippen LogP contribution in [0.1, 0.15) is 10.5 Å². The van der Waals surface area contributed by atoms with E-state index in [9.17, 15) is 24.6 Å². The minimum absolute atomic E-state index is 0.0329. The van der Waals surface area contributed by atoms with Gasteiger partial charge in [-0.25, -0.2) is 4.79 Å². The van der Waals surface area contributed by atoms with E-state index in [4.69, 9.17) is 0 Å². The van der Waals surface area contributed by atoms with Crippen LogP contribution in [0.2, 0.25) is 0 Å². The fourth-order valence-electron chi connectivity index (χ4n) is 1.69. The maximum Gasteiger partial charge on any atom is 0.326 e. The van der Waals surface area contributed by atoms with Crippen molar-refractivity contribution in [1.29, 1.82) is 0 Å². The average molecular weight is 241 g/mol. The smallest absolute Gasteiger partial charge is 0.326 e. The number of hydrogen-bond donors (Lipinski definition) is 4. The molecule has 8 heteroatoms. The normalized spacial score (nSPS) is 24.0. The highest BCUT2D eigenvalue weighted by atomic mass is 16.3. The van der Waals surface area contributed by atoms with E-state index in [-0.39, 0.29) is 18.8 Å². The van der Waals surface area contributed by atoms with Crippen LogP contribution in [-0.4, -0.2) is 56.3 Å². The number of nitrogens with zero attached hydrogens (tertiary/aromatic N) is 1.